The minimum Gasteiger partial charge on any atom is -0.384 e. The van der Waals surface area contributed by atoms with Crippen LogP contribution in [0.1, 0.15) is 37.9 Å². The fraction of sp³-hybridized carbons (Fsp3) is 0.600. The first kappa shape index (κ1) is 14.2. The largest absolute Gasteiger partial charge is 0.384 e. The molecule has 0 bridgehead atoms. The monoisotopic (exact) mass is 235 g/mol. The summed E-state index contributed by atoms with van der Waals surface area (Å²) in [6.45, 7) is 7.56. The van der Waals surface area contributed by atoms with Crippen molar-refractivity contribution in [2.75, 3.05) is 20.8 Å². The van der Waals surface area contributed by atoms with Crippen LogP contribution in [-0.4, -0.2) is 20.8 Å². The molecule has 0 spiro atoms. The summed E-state index contributed by atoms with van der Waals surface area (Å²) in [5.41, 5.74) is 2.91. The molecule has 0 aliphatic carbocycles. The molecule has 0 aliphatic heterocycles. The van der Waals surface area contributed by atoms with Gasteiger partial charge >= 0.3 is 0 Å². The SMILES string of the molecule is CNC(c1ccc(CCOC)cc1)C(C)(C)C. The molecule has 0 amide bonds. The van der Waals surface area contributed by atoms with Crippen molar-refractivity contribution in [3.8, 4) is 0 Å². The molecule has 0 fully saturated rings. The molecule has 1 rings (SSSR count). The molecule has 1 unspecified atom stereocenters. The number of nitrogens with one attached hydrogen (secondary N) is 1. The molecule has 0 saturated carbocycles. The maximum atomic E-state index is 5.09. The lowest BCUT2D eigenvalue weighted by molar-refractivity contribution is 0.202. The maximum Gasteiger partial charge on any atom is 0.0502 e. The molecule has 96 valence electrons. The van der Waals surface area contributed by atoms with Crippen LogP contribution < -0.4 is 5.32 Å². The molecule has 1 atom stereocenters. The number of benzene rings is 1. The van der Waals surface area contributed by atoms with Gasteiger partial charge in [0.2, 0.25) is 0 Å². The van der Waals surface area contributed by atoms with E-state index in [1.165, 1.54) is 11.1 Å². The van der Waals surface area contributed by atoms with Gasteiger partial charge in [-0.1, -0.05) is 45.0 Å². The Morgan fingerprint density at radius 1 is 1.18 bits per heavy atom. The Kier molecular flexibility index (Phi) is 5.16. The molecule has 17 heavy (non-hydrogen) atoms. The third kappa shape index (κ3) is 4.14. The molecular formula is C15H25NO. The van der Waals surface area contributed by atoms with Crippen LogP contribution in [0.4, 0.5) is 0 Å². The predicted molar refractivity (Wildman–Crippen MR) is 73.3 cm³/mol. The predicted octanol–water partition coefficient (Wildman–Crippen LogP) is 3.18. The van der Waals surface area contributed by atoms with Gasteiger partial charge in [0.15, 0.2) is 0 Å². The first-order valence-electron chi connectivity index (χ1n) is 6.24. The van der Waals surface area contributed by atoms with Gasteiger partial charge in [-0.3, -0.25) is 0 Å². The Morgan fingerprint density at radius 3 is 2.18 bits per heavy atom. The van der Waals surface area contributed by atoms with Crippen molar-refractivity contribution in [3.05, 3.63) is 35.4 Å². The van der Waals surface area contributed by atoms with E-state index in [0.29, 0.717) is 6.04 Å². The van der Waals surface area contributed by atoms with E-state index in [0.717, 1.165) is 13.0 Å². The van der Waals surface area contributed by atoms with Crippen LogP contribution >= 0.6 is 0 Å². The third-order valence-corrected chi connectivity index (χ3v) is 3.06. The molecule has 0 radical (unpaired) electrons. The summed E-state index contributed by atoms with van der Waals surface area (Å²) in [7, 11) is 3.76. The molecule has 2 heteroatoms. The zero-order valence-corrected chi connectivity index (χ0v) is 11.7. The molecule has 0 aliphatic rings. The van der Waals surface area contributed by atoms with Crippen LogP contribution in [0.3, 0.4) is 0 Å². The zero-order valence-electron chi connectivity index (χ0n) is 11.7. The van der Waals surface area contributed by atoms with Crippen molar-refractivity contribution in [1.82, 2.24) is 5.32 Å². The molecule has 1 aromatic rings. The van der Waals surface area contributed by atoms with Crippen LogP contribution in [0.2, 0.25) is 0 Å². The molecule has 2 nitrogen and oxygen atoms in total. The molecule has 0 aromatic heterocycles. The maximum absolute atomic E-state index is 5.09. The molecule has 1 N–H and O–H groups in total. The minimum atomic E-state index is 0.225. The van der Waals surface area contributed by atoms with Crippen LogP contribution in [-0.2, 0) is 11.2 Å². The van der Waals surface area contributed by atoms with Gasteiger partial charge in [0.1, 0.15) is 0 Å². The van der Waals surface area contributed by atoms with Crippen molar-refractivity contribution in [1.29, 1.82) is 0 Å². The summed E-state index contributed by atoms with van der Waals surface area (Å²) in [6, 6.07) is 9.22. The van der Waals surface area contributed by atoms with E-state index in [4.69, 9.17) is 4.74 Å². The summed E-state index contributed by atoms with van der Waals surface area (Å²) >= 11 is 0. The molecular weight excluding hydrogens is 210 g/mol. The van der Waals surface area contributed by atoms with E-state index >= 15 is 0 Å². The lowest BCUT2D eigenvalue weighted by atomic mass is 9.82. The quantitative estimate of drug-likeness (QED) is 0.846. The molecule has 0 saturated heterocycles. The van der Waals surface area contributed by atoms with Gasteiger partial charge in [0.25, 0.3) is 0 Å². The van der Waals surface area contributed by atoms with Gasteiger partial charge in [0, 0.05) is 13.2 Å². The average molecular weight is 235 g/mol. The van der Waals surface area contributed by atoms with Crippen LogP contribution in [0.15, 0.2) is 24.3 Å². The highest BCUT2D eigenvalue weighted by Gasteiger charge is 2.24. The fourth-order valence-corrected chi connectivity index (χ4v) is 2.20. The zero-order chi connectivity index (χ0) is 12.9. The number of methoxy groups -OCH3 is 1. The molecule has 0 heterocycles. The standard InChI is InChI=1S/C15H25NO/c1-15(2,3)14(16-4)13-8-6-12(7-9-13)10-11-17-5/h6-9,14,16H,10-11H2,1-5H3. The lowest BCUT2D eigenvalue weighted by Crippen LogP contribution is -2.29. The molecule has 1 aromatic carbocycles. The summed E-state index contributed by atoms with van der Waals surface area (Å²) in [5, 5.41) is 3.40. The summed E-state index contributed by atoms with van der Waals surface area (Å²) < 4.78 is 5.09. The first-order valence-corrected chi connectivity index (χ1v) is 6.24. The second-order valence-electron chi connectivity index (χ2n) is 5.57. The normalized spacial score (nSPS) is 13.7. The van der Waals surface area contributed by atoms with Crippen molar-refractivity contribution >= 4 is 0 Å². The smallest absolute Gasteiger partial charge is 0.0502 e. The van der Waals surface area contributed by atoms with E-state index in [-0.39, 0.29) is 5.41 Å². The lowest BCUT2D eigenvalue weighted by Gasteiger charge is -2.31. The number of rotatable bonds is 5. The van der Waals surface area contributed by atoms with Gasteiger partial charge in [-0.05, 0) is 30.0 Å². The van der Waals surface area contributed by atoms with Crippen LogP contribution in [0, 0.1) is 5.41 Å². The Morgan fingerprint density at radius 2 is 1.76 bits per heavy atom. The van der Waals surface area contributed by atoms with Crippen molar-refractivity contribution in [2.45, 2.75) is 33.2 Å². The van der Waals surface area contributed by atoms with Gasteiger partial charge in [-0.2, -0.15) is 0 Å². The Labute approximate surface area is 105 Å². The van der Waals surface area contributed by atoms with E-state index in [1.54, 1.807) is 7.11 Å². The minimum absolute atomic E-state index is 0.225. The highest BCUT2D eigenvalue weighted by molar-refractivity contribution is 5.26. The van der Waals surface area contributed by atoms with Crippen molar-refractivity contribution in [2.24, 2.45) is 5.41 Å². The number of hydrogen-bond donors (Lipinski definition) is 1. The van der Waals surface area contributed by atoms with E-state index in [1.807, 2.05) is 7.05 Å². The van der Waals surface area contributed by atoms with Crippen molar-refractivity contribution < 1.29 is 4.74 Å². The average Bonchev–Trinajstić information content (AvgIpc) is 2.27. The van der Waals surface area contributed by atoms with E-state index in [2.05, 4.69) is 50.4 Å². The number of hydrogen-bond acceptors (Lipinski definition) is 2. The van der Waals surface area contributed by atoms with Gasteiger partial charge in [-0.15, -0.1) is 0 Å². The Hall–Kier alpha value is -0.860. The first-order chi connectivity index (χ1) is 7.99. The highest BCUT2D eigenvalue weighted by Crippen LogP contribution is 2.32. The Bertz CT molecular complexity index is 324. The van der Waals surface area contributed by atoms with Gasteiger partial charge in [0.05, 0.1) is 6.61 Å². The Balaban J connectivity index is 2.78. The van der Waals surface area contributed by atoms with Crippen molar-refractivity contribution in [3.63, 3.8) is 0 Å². The van der Waals surface area contributed by atoms with Gasteiger partial charge in [-0.25, -0.2) is 0 Å². The summed E-state index contributed by atoms with van der Waals surface area (Å²) in [5.74, 6) is 0. The second kappa shape index (κ2) is 6.18. The van der Waals surface area contributed by atoms with E-state index in [9.17, 15) is 0 Å². The van der Waals surface area contributed by atoms with Crippen LogP contribution in [0.25, 0.3) is 0 Å². The summed E-state index contributed by atoms with van der Waals surface area (Å²) in [6.07, 6.45) is 0.983. The second-order valence-corrected chi connectivity index (χ2v) is 5.57. The van der Waals surface area contributed by atoms with Crippen LogP contribution in [0.5, 0.6) is 0 Å². The summed E-state index contributed by atoms with van der Waals surface area (Å²) in [4.78, 5) is 0. The fourth-order valence-electron chi connectivity index (χ4n) is 2.20. The third-order valence-electron chi connectivity index (χ3n) is 3.06. The highest BCUT2D eigenvalue weighted by atomic mass is 16.5. The van der Waals surface area contributed by atoms with E-state index < -0.39 is 0 Å². The topological polar surface area (TPSA) is 21.3 Å². The van der Waals surface area contributed by atoms with Gasteiger partial charge < -0.3 is 10.1 Å². The number of ether oxygens (including phenoxy) is 1.